The van der Waals surface area contributed by atoms with Gasteiger partial charge in [0.25, 0.3) is 5.91 Å². The molecule has 2 aliphatic rings. The Labute approximate surface area is 179 Å². The van der Waals surface area contributed by atoms with Gasteiger partial charge in [-0.1, -0.05) is 42.5 Å². The van der Waals surface area contributed by atoms with Crippen LogP contribution in [0.25, 0.3) is 0 Å². The molecule has 160 valence electrons. The first kappa shape index (κ1) is 20.4. The molecule has 1 saturated heterocycles. The molecule has 0 spiro atoms. The number of nitrogens with one attached hydrogen (secondary N) is 3. The molecule has 4 amide bonds. The lowest BCUT2D eigenvalue weighted by atomic mass is 9.97. The van der Waals surface area contributed by atoms with Gasteiger partial charge in [0.2, 0.25) is 17.7 Å². The highest BCUT2D eigenvalue weighted by Crippen LogP contribution is 2.35. The topological polar surface area (TPSA) is 134 Å². The van der Waals surface area contributed by atoms with Gasteiger partial charge in [-0.25, -0.2) is 0 Å². The average molecular weight is 421 g/mol. The van der Waals surface area contributed by atoms with Crippen molar-refractivity contribution in [3.05, 3.63) is 60.2 Å². The maximum Gasteiger partial charge on any atom is 0.252 e. The van der Waals surface area contributed by atoms with E-state index in [1.165, 1.54) is 4.90 Å². The van der Waals surface area contributed by atoms with Crippen molar-refractivity contribution in [3.63, 3.8) is 0 Å². The highest BCUT2D eigenvalue weighted by molar-refractivity contribution is 6.07. The summed E-state index contributed by atoms with van der Waals surface area (Å²) in [4.78, 5) is 51.1. The maximum atomic E-state index is 13.6. The molecule has 2 heterocycles. The normalized spacial score (nSPS) is 22.7. The second-order valence-corrected chi connectivity index (χ2v) is 7.59. The minimum atomic E-state index is -1.03. The molecule has 2 aliphatic heterocycles. The first-order valence-corrected chi connectivity index (χ1v) is 10.0. The number of hydrogen-bond donors (Lipinski definition) is 4. The van der Waals surface area contributed by atoms with Gasteiger partial charge in [0.15, 0.2) is 0 Å². The first-order chi connectivity index (χ1) is 14.9. The van der Waals surface area contributed by atoms with Crippen LogP contribution in [0.15, 0.2) is 54.6 Å². The summed E-state index contributed by atoms with van der Waals surface area (Å²) in [6.45, 7) is -0.328. The van der Waals surface area contributed by atoms with Crippen LogP contribution >= 0.6 is 0 Å². The summed E-state index contributed by atoms with van der Waals surface area (Å²) in [7, 11) is 0. The van der Waals surface area contributed by atoms with E-state index in [9.17, 15) is 19.2 Å². The summed E-state index contributed by atoms with van der Waals surface area (Å²) in [5.41, 5.74) is 7.33. The van der Waals surface area contributed by atoms with Crippen molar-refractivity contribution in [1.29, 1.82) is 0 Å². The molecule has 2 aromatic carbocycles. The number of anilines is 2. The van der Waals surface area contributed by atoms with Crippen LogP contribution in [0.3, 0.4) is 0 Å². The number of primary amides is 1. The van der Waals surface area contributed by atoms with Gasteiger partial charge in [-0.2, -0.15) is 0 Å². The van der Waals surface area contributed by atoms with E-state index in [1.807, 2.05) is 36.4 Å². The monoisotopic (exact) mass is 421 g/mol. The number of rotatable bonds is 5. The number of nitrogens with two attached hydrogens (primary N) is 1. The second-order valence-electron chi connectivity index (χ2n) is 7.59. The Morgan fingerprint density at radius 3 is 2.42 bits per heavy atom. The van der Waals surface area contributed by atoms with Crippen LogP contribution < -0.4 is 26.6 Å². The summed E-state index contributed by atoms with van der Waals surface area (Å²) in [6, 6.07) is 14.0. The maximum absolute atomic E-state index is 13.6. The number of para-hydroxylation sites is 2. The molecule has 0 saturated carbocycles. The quantitative estimate of drug-likeness (QED) is 0.556. The van der Waals surface area contributed by atoms with Crippen molar-refractivity contribution in [3.8, 4) is 0 Å². The van der Waals surface area contributed by atoms with Gasteiger partial charge in [-0.3, -0.25) is 24.1 Å². The van der Waals surface area contributed by atoms with Gasteiger partial charge < -0.3 is 21.7 Å². The van der Waals surface area contributed by atoms with Crippen molar-refractivity contribution in [2.24, 2.45) is 5.73 Å². The summed E-state index contributed by atoms with van der Waals surface area (Å²) in [5, 5.41) is 8.76. The molecule has 9 heteroatoms. The van der Waals surface area contributed by atoms with Crippen molar-refractivity contribution in [1.82, 2.24) is 10.6 Å². The van der Waals surface area contributed by atoms with E-state index in [4.69, 9.17) is 5.73 Å². The largest absolute Gasteiger partial charge is 0.374 e. The van der Waals surface area contributed by atoms with Crippen molar-refractivity contribution < 1.29 is 19.2 Å². The Morgan fingerprint density at radius 2 is 1.74 bits per heavy atom. The molecule has 31 heavy (non-hydrogen) atoms. The summed E-state index contributed by atoms with van der Waals surface area (Å²) in [6.07, 6.45) is 0.622. The van der Waals surface area contributed by atoms with E-state index in [-0.39, 0.29) is 18.9 Å². The van der Waals surface area contributed by atoms with E-state index >= 15 is 0 Å². The van der Waals surface area contributed by atoms with Crippen LogP contribution in [0.1, 0.15) is 24.4 Å². The first-order valence-electron chi connectivity index (χ1n) is 10.0. The fourth-order valence-electron chi connectivity index (χ4n) is 3.98. The predicted octanol–water partition coefficient (Wildman–Crippen LogP) is 0.435. The lowest BCUT2D eigenvalue weighted by Crippen LogP contribution is -2.56. The van der Waals surface area contributed by atoms with Crippen LogP contribution in [-0.2, 0) is 19.2 Å². The molecule has 0 bridgehead atoms. The zero-order valence-electron chi connectivity index (χ0n) is 16.7. The Kier molecular flexibility index (Phi) is 5.57. The van der Waals surface area contributed by atoms with Crippen molar-refractivity contribution in [2.75, 3.05) is 16.8 Å². The van der Waals surface area contributed by atoms with Crippen LogP contribution in [0.2, 0.25) is 0 Å². The van der Waals surface area contributed by atoms with Gasteiger partial charge >= 0.3 is 0 Å². The van der Waals surface area contributed by atoms with E-state index in [1.54, 1.807) is 18.2 Å². The molecule has 4 rings (SSSR count). The third kappa shape index (κ3) is 4.20. The van der Waals surface area contributed by atoms with E-state index in [0.717, 1.165) is 5.56 Å². The SMILES string of the molecule is NC(=O)CN1C(=O)[C@H](NC(=O)[C@@H]2CCC(=O)N2)[C@@H](c2ccccc2)Nc2ccccc21. The minimum Gasteiger partial charge on any atom is -0.374 e. The van der Waals surface area contributed by atoms with Crippen LogP contribution in [0.4, 0.5) is 11.4 Å². The van der Waals surface area contributed by atoms with Crippen LogP contribution in [0, 0.1) is 0 Å². The van der Waals surface area contributed by atoms with Gasteiger partial charge in [-0.15, -0.1) is 0 Å². The Balaban J connectivity index is 1.74. The number of nitrogens with zero attached hydrogens (tertiary/aromatic N) is 1. The van der Waals surface area contributed by atoms with Gasteiger partial charge in [0.05, 0.1) is 17.4 Å². The molecule has 5 N–H and O–H groups in total. The molecule has 0 radical (unpaired) electrons. The van der Waals surface area contributed by atoms with Crippen LogP contribution in [0.5, 0.6) is 0 Å². The van der Waals surface area contributed by atoms with E-state index in [0.29, 0.717) is 17.8 Å². The highest BCUT2D eigenvalue weighted by Gasteiger charge is 2.40. The molecule has 0 aromatic heterocycles. The molecule has 1 fully saturated rings. The van der Waals surface area contributed by atoms with E-state index < -0.39 is 35.8 Å². The molecule has 9 nitrogen and oxygen atoms in total. The Morgan fingerprint density at radius 1 is 1.03 bits per heavy atom. The second kappa shape index (κ2) is 8.47. The Bertz CT molecular complexity index is 1030. The minimum absolute atomic E-state index is 0.201. The molecular formula is C22H23N5O4. The number of hydrogen-bond acceptors (Lipinski definition) is 5. The zero-order chi connectivity index (χ0) is 22.0. The van der Waals surface area contributed by atoms with Crippen molar-refractivity contribution in [2.45, 2.75) is 31.0 Å². The smallest absolute Gasteiger partial charge is 0.252 e. The number of carbonyl (C=O) groups excluding carboxylic acids is 4. The standard InChI is InChI=1S/C22H23N5O4/c23-17(28)12-27-16-9-5-4-8-14(16)25-19(13-6-2-1-3-7-13)20(22(27)31)26-21(30)15-10-11-18(29)24-15/h1-9,15,19-20,25H,10-12H2,(H2,23,28)(H,24,29)(H,26,30)/t15-,19+,20+/m0/s1. The van der Waals surface area contributed by atoms with Gasteiger partial charge in [0.1, 0.15) is 18.6 Å². The molecule has 3 atom stereocenters. The fraction of sp³-hybridized carbons (Fsp3) is 0.273. The number of benzene rings is 2. The lowest BCUT2D eigenvalue weighted by Gasteiger charge is -2.29. The number of fused-ring (bicyclic) bond motifs is 1. The molecule has 0 aliphatic carbocycles. The summed E-state index contributed by atoms with van der Waals surface area (Å²) < 4.78 is 0. The molecule has 0 unspecified atom stereocenters. The number of amides is 4. The lowest BCUT2D eigenvalue weighted by molar-refractivity contribution is -0.130. The Hall–Kier alpha value is -3.88. The highest BCUT2D eigenvalue weighted by atomic mass is 16.2. The zero-order valence-corrected chi connectivity index (χ0v) is 16.7. The fourth-order valence-corrected chi connectivity index (χ4v) is 3.98. The average Bonchev–Trinajstić information content (AvgIpc) is 3.17. The summed E-state index contributed by atoms with van der Waals surface area (Å²) >= 11 is 0. The molecular weight excluding hydrogens is 398 g/mol. The summed E-state index contributed by atoms with van der Waals surface area (Å²) in [5.74, 6) is -1.79. The van der Waals surface area contributed by atoms with Crippen LogP contribution in [-0.4, -0.2) is 42.3 Å². The van der Waals surface area contributed by atoms with Gasteiger partial charge in [0, 0.05) is 6.42 Å². The molecule has 2 aromatic rings. The van der Waals surface area contributed by atoms with E-state index in [2.05, 4.69) is 16.0 Å². The number of carbonyl (C=O) groups is 4. The predicted molar refractivity (Wildman–Crippen MR) is 114 cm³/mol. The van der Waals surface area contributed by atoms with Crippen molar-refractivity contribution >= 4 is 35.0 Å². The third-order valence-corrected chi connectivity index (χ3v) is 5.45. The third-order valence-electron chi connectivity index (χ3n) is 5.45. The van der Waals surface area contributed by atoms with Gasteiger partial charge in [-0.05, 0) is 24.1 Å².